The zero-order chi connectivity index (χ0) is 23.4. The number of carbonyl (C=O) groups excluding carboxylic acids is 4. The quantitative estimate of drug-likeness (QED) is 0.337. The largest absolute Gasteiger partial charge is 0.522 e. The monoisotopic (exact) mass is 457 g/mol. The Morgan fingerprint density at radius 2 is 1.65 bits per heavy atom. The van der Waals surface area contributed by atoms with Crippen LogP contribution in [0.2, 0.25) is 0 Å². The van der Waals surface area contributed by atoms with E-state index in [1.165, 1.54) is 6.92 Å². The first-order chi connectivity index (χ1) is 14.3. The number of nitrogens with one attached hydrogen (secondary N) is 3. The van der Waals surface area contributed by atoms with E-state index in [1.54, 1.807) is 0 Å². The molecule has 0 saturated heterocycles. The van der Waals surface area contributed by atoms with Gasteiger partial charge in [0.25, 0.3) is 5.92 Å². The Labute approximate surface area is 174 Å². The summed E-state index contributed by atoms with van der Waals surface area (Å²) >= 11 is 0. The highest BCUT2D eigenvalue weighted by Gasteiger charge is 2.46. The molecule has 0 aromatic rings. The van der Waals surface area contributed by atoms with Gasteiger partial charge in [-0.25, -0.2) is 8.78 Å². The fourth-order valence-corrected chi connectivity index (χ4v) is 3.09. The van der Waals surface area contributed by atoms with Gasteiger partial charge in [-0.3, -0.25) is 23.9 Å². The van der Waals surface area contributed by atoms with Crippen LogP contribution in [0.25, 0.3) is 0 Å². The zero-order valence-corrected chi connectivity index (χ0v) is 16.7. The van der Waals surface area contributed by atoms with E-state index in [2.05, 4.69) is 20.7 Å². The van der Waals surface area contributed by atoms with Crippen LogP contribution < -0.4 is 16.0 Å². The summed E-state index contributed by atoms with van der Waals surface area (Å²) in [6.45, 7) is 0.184. The van der Waals surface area contributed by atoms with Crippen molar-refractivity contribution in [3.05, 3.63) is 0 Å². The van der Waals surface area contributed by atoms with Gasteiger partial charge in [0.15, 0.2) is 5.78 Å². The molecule has 3 amide bonds. The summed E-state index contributed by atoms with van der Waals surface area (Å²) in [7, 11) is 0. The molecule has 3 N–H and O–H groups in total. The standard InChI is InChI=1S/C18H24F5N3O5/c1-2-11(13(27)8-31-18(21,22)23)25-14(28)12(5-9-3-4-9)26-16(30)15(29)24-10-6-17(19,20)7-10/h9-12H,2-8H2,1H3,(H,24,29)(H,25,28)(H,26,30)/t11-,12-/m0/s1. The number of halogens is 5. The molecule has 0 aromatic carbocycles. The summed E-state index contributed by atoms with van der Waals surface area (Å²) in [6, 6.07) is -3.34. The highest BCUT2D eigenvalue weighted by atomic mass is 19.4. The summed E-state index contributed by atoms with van der Waals surface area (Å²) in [5, 5.41) is 6.63. The first kappa shape index (κ1) is 25.0. The molecule has 2 fully saturated rings. The van der Waals surface area contributed by atoms with E-state index in [-0.39, 0.29) is 18.8 Å². The fourth-order valence-electron chi connectivity index (χ4n) is 3.09. The summed E-state index contributed by atoms with van der Waals surface area (Å²) in [5.74, 6) is -7.00. The number of alkyl halides is 5. The lowest BCUT2D eigenvalue weighted by Crippen LogP contribution is -2.57. The van der Waals surface area contributed by atoms with Crippen molar-refractivity contribution in [1.82, 2.24) is 16.0 Å². The maximum atomic E-state index is 12.8. The fraction of sp³-hybridized carbons (Fsp3) is 0.778. The van der Waals surface area contributed by atoms with E-state index in [0.717, 1.165) is 12.8 Å². The van der Waals surface area contributed by atoms with E-state index < -0.39 is 73.4 Å². The molecule has 0 aromatic heterocycles. The molecular weight excluding hydrogens is 433 g/mol. The number of amides is 3. The predicted octanol–water partition coefficient (Wildman–Crippen LogP) is 1.19. The first-order valence-electron chi connectivity index (χ1n) is 9.82. The van der Waals surface area contributed by atoms with Crippen molar-refractivity contribution in [1.29, 1.82) is 0 Å². The first-order valence-corrected chi connectivity index (χ1v) is 9.82. The van der Waals surface area contributed by atoms with Crippen LogP contribution in [0.1, 0.15) is 45.4 Å². The van der Waals surface area contributed by atoms with Gasteiger partial charge in [0, 0.05) is 18.9 Å². The van der Waals surface area contributed by atoms with Gasteiger partial charge in [-0.05, 0) is 18.8 Å². The molecule has 0 unspecified atom stereocenters. The minimum atomic E-state index is -5.00. The van der Waals surface area contributed by atoms with Crippen molar-refractivity contribution in [2.45, 2.75) is 75.9 Å². The number of hydrogen-bond donors (Lipinski definition) is 3. The van der Waals surface area contributed by atoms with E-state index in [4.69, 9.17) is 0 Å². The Morgan fingerprint density at radius 1 is 1.03 bits per heavy atom. The molecule has 0 radical (unpaired) electrons. The third-order valence-corrected chi connectivity index (χ3v) is 5.01. The van der Waals surface area contributed by atoms with Gasteiger partial charge in [0.05, 0.1) is 6.04 Å². The summed E-state index contributed by atoms with van der Waals surface area (Å²) in [4.78, 5) is 48.4. The maximum absolute atomic E-state index is 12.8. The van der Waals surface area contributed by atoms with Crippen molar-refractivity contribution in [2.75, 3.05) is 6.61 Å². The van der Waals surface area contributed by atoms with Gasteiger partial charge in [-0.2, -0.15) is 0 Å². The van der Waals surface area contributed by atoms with Gasteiger partial charge >= 0.3 is 18.2 Å². The molecule has 2 aliphatic carbocycles. The van der Waals surface area contributed by atoms with E-state index in [0.29, 0.717) is 0 Å². The lowest BCUT2D eigenvalue weighted by molar-refractivity contribution is -0.321. The van der Waals surface area contributed by atoms with Crippen LogP contribution >= 0.6 is 0 Å². The normalized spacial score (nSPS) is 20.2. The third-order valence-electron chi connectivity index (χ3n) is 5.01. The van der Waals surface area contributed by atoms with Gasteiger partial charge < -0.3 is 16.0 Å². The van der Waals surface area contributed by atoms with Crippen molar-refractivity contribution < 1.29 is 45.9 Å². The molecule has 2 saturated carbocycles. The number of ether oxygens (including phenoxy) is 1. The lowest BCUT2D eigenvalue weighted by atomic mass is 9.88. The number of Topliss-reactive ketones (excluding diaryl/α,β-unsaturated/α-hetero) is 1. The molecule has 13 heteroatoms. The molecule has 2 rings (SSSR count). The summed E-state index contributed by atoms with van der Waals surface area (Å²) in [6.07, 6.45) is -4.45. The van der Waals surface area contributed by atoms with Crippen LogP contribution in [-0.2, 0) is 23.9 Å². The second-order valence-electron chi connectivity index (χ2n) is 7.81. The number of ketones is 1. The molecular formula is C18H24F5N3O5. The SMILES string of the molecule is CC[C@H](NC(=O)[C@H](CC1CC1)NC(=O)C(=O)NC1CC(F)(F)C1)C(=O)COC(F)(F)F. The van der Waals surface area contributed by atoms with E-state index in [9.17, 15) is 41.1 Å². The second kappa shape index (κ2) is 9.88. The molecule has 2 aliphatic rings. The zero-order valence-electron chi connectivity index (χ0n) is 16.7. The third kappa shape index (κ3) is 8.38. The number of carbonyl (C=O) groups is 4. The van der Waals surface area contributed by atoms with Crippen molar-refractivity contribution in [3.8, 4) is 0 Å². The highest BCUT2D eigenvalue weighted by Crippen LogP contribution is 2.37. The predicted molar refractivity (Wildman–Crippen MR) is 94.6 cm³/mol. The van der Waals surface area contributed by atoms with Crippen LogP contribution in [0.5, 0.6) is 0 Å². The number of hydrogen-bond acceptors (Lipinski definition) is 5. The molecule has 0 heterocycles. The number of rotatable bonds is 10. The van der Waals surface area contributed by atoms with Crippen LogP contribution in [0.15, 0.2) is 0 Å². The molecule has 0 aliphatic heterocycles. The van der Waals surface area contributed by atoms with Gasteiger partial charge in [-0.15, -0.1) is 13.2 Å². The Kier molecular flexibility index (Phi) is 7.95. The van der Waals surface area contributed by atoms with Gasteiger partial charge in [0.1, 0.15) is 12.6 Å². The molecule has 8 nitrogen and oxygen atoms in total. The molecule has 176 valence electrons. The Balaban J connectivity index is 1.90. The van der Waals surface area contributed by atoms with Crippen molar-refractivity contribution >= 4 is 23.5 Å². The smallest absolute Gasteiger partial charge is 0.345 e. The second-order valence-corrected chi connectivity index (χ2v) is 7.81. The van der Waals surface area contributed by atoms with Crippen LogP contribution in [0.4, 0.5) is 22.0 Å². The molecule has 2 atom stereocenters. The van der Waals surface area contributed by atoms with Crippen LogP contribution in [-0.4, -0.2) is 60.5 Å². The average molecular weight is 457 g/mol. The van der Waals surface area contributed by atoms with Crippen molar-refractivity contribution in [2.24, 2.45) is 5.92 Å². The van der Waals surface area contributed by atoms with Gasteiger partial charge in [-0.1, -0.05) is 19.8 Å². The Morgan fingerprint density at radius 3 is 2.13 bits per heavy atom. The minimum absolute atomic E-state index is 0.0216. The topological polar surface area (TPSA) is 114 Å². The Hall–Kier alpha value is -2.31. The molecule has 31 heavy (non-hydrogen) atoms. The van der Waals surface area contributed by atoms with Crippen LogP contribution in [0.3, 0.4) is 0 Å². The molecule has 0 bridgehead atoms. The molecule has 0 spiro atoms. The highest BCUT2D eigenvalue weighted by molar-refractivity contribution is 6.35. The average Bonchev–Trinajstić information content (AvgIpc) is 3.45. The summed E-state index contributed by atoms with van der Waals surface area (Å²) in [5.41, 5.74) is 0. The van der Waals surface area contributed by atoms with Crippen LogP contribution in [0, 0.1) is 5.92 Å². The van der Waals surface area contributed by atoms with Gasteiger partial charge in [0.2, 0.25) is 5.91 Å². The van der Waals surface area contributed by atoms with E-state index >= 15 is 0 Å². The lowest BCUT2D eigenvalue weighted by Gasteiger charge is -2.35. The Bertz CT molecular complexity index is 703. The minimum Gasteiger partial charge on any atom is -0.345 e. The van der Waals surface area contributed by atoms with E-state index in [1.807, 2.05) is 0 Å². The van der Waals surface area contributed by atoms with Crippen molar-refractivity contribution in [3.63, 3.8) is 0 Å². The maximum Gasteiger partial charge on any atom is 0.522 e. The summed E-state index contributed by atoms with van der Waals surface area (Å²) < 4.78 is 65.5.